The first-order chi connectivity index (χ1) is 8.54. The molecule has 1 N–H and O–H groups in total. The second-order valence-corrected chi connectivity index (χ2v) is 6.70. The minimum absolute atomic E-state index is 0.226. The van der Waals surface area contributed by atoms with Crippen molar-refractivity contribution in [3.63, 3.8) is 0 Å². The van der Waals surface area contributed by atoms with Gasteiger partial charge in [-0.25, -0.2) is 0 Å². The molecule has 0 bridgehead atoms. The zero-order chi connectivity index (χ0) is 13.2. The second-order valence-electron chi connectivity index (χ2n) is 6.38. The summed E-state index contributed by atoms with van der Waals surface area (Å²) in [4.78, 5) is 14.4. The van der Waals surface area contributed by atoms with Crippen molar-refractivity contribution in [3.8, 4) is 0 Å². The van der Waals surface area contributed by atoms with Crippen molar-refractivity contribution in [3.05, 3.63) is 0 Å². The highest BCUT2D eigenvalue weighted by Gasteiger charge is 2.42. The fraction of sp³-hybridized carbons (Fsp3) is 0.929. The van der Waals surface area contributed by atoms with Crippen molar-refractivity contribution in [2.75, 3.05) is 25.4 Å². The zero-order valence-corrected chi connectivity index (χ0v) is 12.5. The summed E-state index contributed by atoms with van der Waals surface area (Å²) in [6.45, 7) is 7.65. The van der Waals surface area contributed by atoms with Crippen LogP contribution in [-0.4, -0.2) is 42.2 Å². The number of likely N-dealkylation sites (tertiary alicyclic amines) is 1. The van der Waals surface area contributed by atoms with Gasteiger partial charge in [0.1, 0.15) is 0 Å². The van der Waals surface area contributed by atoms with Crippen molar-refractivity contribution in [1.82, 2.24) is 10.2 Å². The first-order valence-corrected chi connectivity index (χ1v) is 7.79. The largest absolute Gasteiger partial charge is 0.356 e. The van der Waals surface area contributed by atoms with E-state index in [1.807, 2.05) is 0 Å². The standard InChI is InChI=1S/C14H26N2OS/c1-11(2)16-6-3-12(9-16)8-15-13(17)7-14(10-18)4-5-14/h11-12,18H,3-10H2,1-2H3,(H,15,17). The minimum atomic E-state index is 0.226. The molecule has 1 aliphatic heterocycles. The fourth-order valence-corrected chi connectivity index (χ4v) is 3.16. The van der Waals surface area contributed by atoms with Gasteiger partial charge in [0.15, 0.2) is 0 Å². The molecule has 2 aliphatic rings. The van der Waals surface area contributed by atoms with Crippen LogP contribution in [0.25, 0.3) is 0 Å². The first kappa shape index (κ1) is 14.2. The van der Waals surface area contributed by atoms with Gasteiger partial charge in [0, 0.05) is 25.6 Å². The van der Waals surface area contributed by atoms with Gasteiger partial charge in [0.2, 0.25) is 5.91 Å². The highest BCUT2D eigenvalue weighted by molar-refractivity contribution is 7.80. The molecule has 3 nitrogen and oxygen atoms in total. The van der Waals surface area contributed by atoms with Gasteiger partial charge in [0.05, 0.1) is 0 Å². The number of carbonyl (C=O) groups is 1. The first-order valence-electron chi connectivity index (χ1n) is 7.16. The van der Waals surface area contributed by atoms with Gasteiger partial charge in [-0.3, -0.25) is 4.79 Å². The zero-order valence-electron chi connectivity index (χ0n) is 11.6. The normalized spacial score (nSPS) is 26.6. The van der Waals surface area contributed by atoms with Gasteiger partial charge < -0.3 is 10.2 Å². The Morgan fingerprint density at radius 3 is 2.72 bits per heavy atom. The Morgan fingerprint density at radius 2 is 2.22 bits per heavy atom. The molecular weight excluding hydrogens is 244 g/mol. The molecule has 0 spiro atoms. The molecule has 2 fully saturated rings. The van der Waals surface area contributed by atoms with Crippen LogP contribution in [0.3, 0.4) is 0 Å². The molecule has 1 unspecified atom stereocenters. The highest BCUT2D eigenvalue weighted by atomic mass is 32.1. The van der Waals surface area contributed by atoms with E-state index in [0.29, 0.717) is 18.4 Å². The third-order valence-corrected chi connectivity index (χ3v) is 5.13. The fourth-order valence-electron chi connectivity index (χ4n) is 2.73. The van der Waals surface area contributed by atoms with E-state index in [1.165, 1.54) is 25.8 Å². The number of rotatable bonds is 6. The molecule has 1 aliphatic carbocycles. The van der Waals surface area contributed by atoms with Gasteiger partial charge in [-0.1, -0.05) is 0 Å². The smallest absolute Gasteiger partial charge is 0.220 e. The van der Waals surface area contributed by atoms with Crippen LogP contribution in [0.2, 0.25) is 0 Å². The van der Waals surface area contributed by atoms with E-state index < -0.39 is 0 Å². The average Bonchev–Trinajstić information content (AvgIpc) is 2.93. The maximum atomic E-state index is 11.9. The van der Waals surface area contributed by atoms with Crippen LogP contribution in [0.1, 0.15) is 39.5 Å². The molecule has 1 saturated carbocycles. The molecule has 2 rings (SSSR count). The van der Waals surface area contributed by atoms with Crippen molar-refractivity contribution in [1.29, 1.82) is 0 Å². The Kier molecular flexibility index (Phi) is 4.59. The third-order valence-electron chi connectivity index (χ3n) is 4.46. The van der Waals surface area contributed by atoms with E-state index in [2.05, 4.69) is 36.7 Å². The quantitative estimate of drug-likeness (QED) is 0.723. The van der Waals surface area contributed by atoms with Crippen LogP contribution in [0, 0.1) is 11.3 Å². The van der Waals surface area contributed by atoms with Gasteiger partial charge in [-0.2, -0.15) is 12.6 Å². The summed E-state index contributed by atoms with van der Waals surface area (Å²) in [6, 6.07) is 0.629. The number of nitrogens with zero attached hydrogens (tertiary/aromatic N) is 1. The molecule has 1 saturated heterocycles. The number of amides is 1. The number of nitrogens with one attached hydrogen (secondary N) is 1. The van der Waals surface area contributed by atoms with Crippen molar-refractivity contribution < 1.29 is 4.79 Å². The number of hydrogen-bond donors (Lipinski definition) is 2. The lowest BCUT2D eigenvalue weighted by molar-refractivity contribution is -0.122. The predicted molar refractivity (Wildman–Crippen MR) is 78.0 cm³/mol. The molecular formula is C14H26N2OS. The van der Waals surface area contributed by atoms with E-state index in [4.69, 9.17) is 0 Å². The number of thiol groups is 1. The average molecular weight is 270 g/mol. The molecule has 0 aromatic rings. The van der Waals surface area contributed by atoms with Crippen LogP contribution in [-0.2, 0) is 4.79 Å². The molecule has 1 amide bonds. The Balaban J connectivity index is 1.65. The molecule has 0 aromatic carbocycles. The topological polar surface area (TPSA) is 32.3 Å². The minimum Gasteiger partial charge on any atom is -0.356 e. The van der Waals surface area contributed by atoms with Crippen LogP contribution in [0.5, 0.6) is 0 Å². The maximum Gasteiger partial charge on any atom is 0.220 e. The lowest BCUT2D eigenvalue weighted by Gasteiger charge is -2.20. The summed E-state index contributed by atoms with van der Waals surface area (Å²) in [5.41, 5.74) is 0.243. The Labute approximate surface area is 116 Å². The van der Waals surface area contributed by atoms with E-state index in [1.54, 1.807) is 0 Å². The van der Waals surface area contributed by atoms with Gasteiger partial charge in [0.25, 0.3) is 0 Å². The SMILES string of the molecule is CC(C)N1CCC(CNC(=O)CC2(CS)CC2)C1. The highest BCUT2D eigenvalue weighted by Crippen LogP contribution is 2.49. The van der Waals surface area contributed by atoms with Crippen LogP contribution < -0.4 is 5.32 Å². The lowest BCUT2D eigenvalue weighted by Crippen LogP contribution is -2.34. The van der Waals surface area contributed by atoms with Crippen molar-refractivity contribution in [2.45, 2.75) is 45.6 Å². The second kappa shape index (κ2) is 5.83. The molecule has 1 atom stereocenters. The maximum absolute atomic E-state index is 11.9. The molecule has 0 radical (unpaired) electrons. The van der Waals surface area contributed by atoms with E-state index in [0.717, 1.165) is 18.8 Å². The predicted octanol–water partition coefficient (Wildman–Crippen LogP) is 1.93. The van der Waals surface area contributed by atoms with Crippen molar-refractivity contribution in [2.24, 2.45) is 11.3 Å². The van der Waals surface area contributed by atoms with Crippen molar-refractivity contribution >= 4 is 18.5 Å². The summed E-state index contributed by atoms with van der Waals surface area (Å²) >= 11 is 4.34. The molecule has 18 heavy (non-hydrogen) atoms. The van der Waals surface area contributed by atoms with Crippen LogP contribution in [0.15, 0.2) is 0 Å². The van der Waals surface area contributed by atoms with E-state index >= 15 is 0 Å². The Bertz CT molecular complexity index is 302. The van der Waals surface area contributed by atoms with Gasteiger partial charge >= 0.3 is 0 Å². The molecule has 1 heterocycles. The summed E-state index contributed by atoms with van der Waals surface area (Å²) < 4.78 is 0. The van der Waals surface area contributed by atoms with E-state index in [9.17, 15) is 4.79 Å². The van der Waals surface area contributed by atoms with Gasteiger partial charge in [-0.05, 0) is 56.7 Å². The summed E-state index contributed by atoms with van der Waals surface area (Å²) in [5, 5.41) is 3.11. The Morgan fingerprint density at radius 1 is 1.50 bits per heavy atom. The molecule has 4 heteroatoms. The van der Waals surface area contributed by atoms with Crippen LogP contribution >= 0.6 is 12.6 Å². The summed E-state index contributed by atoms with van der Waals surface area (Å²) in [6.07, 6.45) is 4.25. The van der Waals surface area contributed by atoms with Crippen LogP contribution in [0.4, 0.5) is 0 Å². The lowest BCUT2D eigenvalue weighted by atomic mass is 10.0. The number of carbonyl (C=O) groups excluding carboxylic acids is 1. The number of hydrogen-bond acceptors (Lipinski definition) is 3. The Hall–Kier alpha value is -0.220. The summed E-state index contributed by atoms with van der Waals surface area (Å²) in [7, 11) is 0. The van der Waals surface area contributed by atoms with E-state index in [-0.39, 0.29) is 11.3 Å². The summed E-state index contributed by atoms with van der Waals surface area (Å²) in [5.74, 6) is 1.72. The van der Waals surface area contributed by atoms with Gasteiger partial charge in [-0.15, -0.1) is 0 Å². The third kappa shape index (κ3) is 3.64. The monoisotopic (exact) mass is 270 g/mol. The molecule has 0 aromatic heterocycles. The molecule has 104 valence electrons.